The summed E-state index contributed by atoms with van der Waals surface area (Å²) in [7, 11) is 0. The van der Waals surface area contributed by atoms with Crippen molar-refractivity contribution in [1.82, 2.24) is 0 Å². The standard InChI is InChI=1S/C38H44O11/c1-22-18-19-36(5,6)32(48-34(42)26-14-10-8-11-15-26)28(46-24(3)39)20-23(2)30(47-25(4)40)29-33(37(7,44)21-38(29,45)31(22)41)49-35(43)27-16-12-9-13-17-27/h8-19,22,28-30,32-33,44-45H,2,20-21H2,1,3-7H3/b19-18+/t22-,28+,29-,30-,32+,33+,37+,38+/m0/s1. The van der Waals surface area contributed by atoms with Crippen LogP contribution < -0.4 is 0 Å². The minimum absolute atomic E-state index is 0.0462. The van der Waals surface area contributed by atoms with Crippen molar-refractivity contribution < 1.29 is 53.1 Å². The van der Waals surface area contributed by atoms with Crippen LogP contribution in [0.15, 0.2) is 85.0 Å². The zero-order chi connectivity index (χ0) is 36.3. The van der Waals surface area contributed by atoms with Gasteiger partial charge >= 0.3 is 23.9 Å². The van der Waals surface area contributed by atoms with Crippen molar-refractivity contribution in [3.8, 4) is 0 Å². The first-order valence-corrected chi connectivity index (χ1v) is 16.1. The van der Waals surface area contributed by atoms with Crippen LogP contribution in [-0.2, 0) is 33.3 Å². The number of benzene rings is 2. The molecule has 2 aliphatic carbocycles. The van der Waals surface area contributed by atoms with Crippen LogP contribution in [0.1, 0.15) is 75.1 Å². The Morgan fingerprint density at radius 1 is 0.776 bits per heavy atom. The number of ketones is 1. The van der Waals surface area contributed by atoms with Gasteiger partial charge in [-0.15, -0.1) is 0 Å². The molecule has 2 N–H and O–H groups in total. The number of esters is 4. The van der Waals surface area contributed by atoms with E-state index in [2.05, 4.69) is 6.58 Å². The fraction of sp³-hybridized carbons (Fsp3) is 0.447. The maximum atomic E-state index is 14.3. The van der Waals surface area contributed by atoms with E-state index in [1.165, 1.54) is 39.0 Å². The number of hydrogen-bond acceptors (Lipinski definition) is 11. The van der Waals surface area contributed by atoms with E-state index in [9.17, 15) is 34.2 Å². The molecule has 0 aromatic heterocycles. The van der Waals surface area contributed by atoms with Crippen LogP contribution >= 0.6 is 0 Å². The molecule has 2 aliphatic rings. The molecule has 0 unspecified atom stereocenters. The quantitative estimate of drug-likeness (QED) is 0.251. The van der Waals surface area contributed by atoms with Gasteiger partial charge in [0.25, 0.3) is 0 Å². The lowest BCUT2D eigenvalue weighted by Gasteiger charge is -2.41. The Morgan fingerprint density at radius 3 is 1.76 bits per heavy atom. The number of rotatable bonds is 6. The third-order valence-corrected chi connectivity index (χ3v) is 9.13. The molecule has 0 amide bonds. The zero-order valence-electron chi connectivity index (χ0n) is 28.6. The van der Waals surface area contributed by atoms with Crippen LogP contribution in [0, 0.1) is 17.3 Å². The first-order chi connectivity index (χ1) is 22.9. The number of carbonyl (C=O) groups excluding carboxylic acids is 5. The van der Waals surface area contributed by atoms with Gasteiger partial charge in [0.05, 0.1) is 17.0 Å². The summed E-state index contributed by atoms with van der Waals surface area (Å²) in [4.78, 5) is 66.2. The summed E-state index contributed by atoms with van der Waals surface area (Å²) >= 11 is 0. The second kappa shape index (κ2) is 14.5. The molecule has 11 heteroatoms. The van der Waals surface area contributed by atoms with Gasteiger partial charge in [-0.25, -0.2) is 9.59 Å². The highest BCUT2D eigenvalue weighted by molar-refractivity contribution is 5.93. The maximum Gasteiger partial charge on any atom is 0.338 e. The normalized spacial score (nSPS) is 32.0. The van der Waals surface area contributed by atoms with E-state index in [-0.39, 0.29) is 23.1 Å². The van der Waals surface area contributed by atoms with Gasteiger partial charge < -0.3 is 29.2 Å². The molecular formula is C38H44O11. The van der Waals surface area contributed by atoms with Gasteiger partial charge in [-0.3, -0.25) is 14.4 Å². The zero-order valence-corrected chi connectivity index (χ0v) is 28.6. The molecule has 11 nitrogen and oxygen atoms in total. The number of allylic oxidation sites excluding steroid dienone is 1. The summed E-state index contributed by atoms with van der Waals surface area (Å²) in [5, 5.41) is 24.1. The molecule has 262 valence electrons. The van der Waals surface area contributed by atoms with E-state index in [0.29, 0.717) is 0 Å². The Labute approximate surface area is 285 Å². The minimum atomic E-state index is -2.39. The van der Waals surface area contributed by atoms with Gasteiger partial charge in [-0.05, 0) is 36.8 Å². The van der Waals surface area contributed by atoms with Crippen molar-refractivity contribution in [2.45, 2.75) is 90.0 Å². The Balaban J connectivity index is 1.89. The molecule has 0 radical (unpaired) electrons. The van der Waals surface area contributed by atoms with Crippen LogP contribution in [0.3, 0.4) is 0 Å². The topological polar surface area (TPSA) is 163 Å². The molecule has 0 saturated heterocycles. The van der Waals surface area contributed by atoms with Crippen LogP contribution in [0.25, 0.3) is 0 Å². The van der Waals surface area contributed by atoms with Crippen molar-refractivity contribution in [1.29, 1.82) is 0 Å². The number of Topliss-reactive ketones (excluding diaryl/α,β-unsaturated/α-hetero) is 1. The van der Waals surface area contributed by atoms with Crippen molar-refractivity contribution in [3.05, 3.63) is 96.1 Å². The lowest BCUT2D eigenvalue weighted by molar-refractivity contribution is -0.167. The summed E-state index contributed by atoms with van der Waals surface area (Å²) in [5.74, 6) is -6.36. The molecule has 1 fully saturated rings. The molecule has 8 atom stereocenters. The van der Waals surface area contributed by atoms with Crippen molar-refractivity contribution in [3.63, 3.8) is 0 Å². The third-order valence-electron chi connectivity index (χ3n) is 9.13. The first-order valence-electron chi connectivity index (χ1n) is 16.1. The fourth-order valence-electron chi connectivity index (χ4n) is 6.84. The molecule has 2 aromatic carbocycles. The second-order valence-corrected chi connectivity index (χ2v) is 13.7. The predicted octanol–water partition coefficient (Wildman–Crippen LogP) is 4.55. The molecular weight excluding hydrogens is 632 g/mol. The van der Waals surface area contributed by atoms with Gasteiger partial charge in [-0.1, -0.05) is 75.9 Å². The predicted molar refractivity (Wildman–Crippen MR) is 177 cm³/mol. The number of ether oxygens (including phenoxy) is 4. The number of fused-ring (bicyclic) bond motifs is 1. The monoisotopic (exact) mass is 676 g/mol. The van der Waals surface area contributed by atoms with Crippen molar-refractivity contribution >= 4 is 29.7 Å². The third kappa shape index (κ3) is 8.17. The Kier molecular flexibility index (Phi) is 11.0. The molecule has 0 bridgehead atoms. The van der Waals surface area contributed by atoms with E-state index in [1.54, 1.807) is 68.5 Å². The highest BCUT2D eigenvalue weighted by Gasteiger charge is 2.67. The molecule has 1 saturated carbocycles. The van der Waals surface area contributed by atoms with E-state index >= 15 is 0 Å². The van der Waals surface area contributed by atoms with Gasteiger partial charge in [-0.2, -0.15) is 0 Å². The summed E-state index contributed by atoms with van der Waals surface area (Å²) in [6.07, 6.45) is -3.16. The maximum absolute atomic E-state index is 14.3. The lowest BCUT2D eigenvalue weighted by Crippen LogP contribution is -2.55. The Morgan fingerprint density at radius 2 is 1.27 bits per heavy atom. The second-order valence-electron chi connectivity index (χ2n) is 13.7. The summed E-state index contributed by atoms with van der Waals surface area (Å²) in [6.45, 7) is 12.8. The molecule has 2 aromatic rings. The van der Waals surface area contributed by atoms with E-state index in [1.807, 2.05) is 0 Å². The van der Waals surface area contributed by atoms with Crippen LogP contribution in [0.5, 0.6) is 0 Å². The summed E-state index contributed by atoms with van der Waals surface area (Å²) in [5.41, 5.74) is -5.01. The Bertz CT molecular complexity index is 1610. The van der Waals surface area contributed by atoms with Crippen LogP contribution in [0.2, 0.25) is 0 Å². The average molecular weight is 677 g/mol. The summed E-state index contributed by atoms with van der Waals surface area (Å²) in [6, 6.07) is 16.2. The van der Waals surface area contributed by atoms with Crippen LogP contribution in [-0.4, -0.2) is 75.5 Å². The molecule has 49 heavy (non-hydrogen) atoms. The molecule has 0 aliphatic heterocycles. The van der Waals surface area contributed by atoms with Crippen LogP contribution in [0.4, 0.5) is 0 Å². The highest BCUT2D eigenvalue weighted by atomic mass is 16.6. The van der Waals surface area contributed by atoms with Crippen molar-refractivity contribution in [2.75, 3.05) is 0 Å². The number of carbonyl (C=O) groups is 5. The average Bonchev–Trinajstić information content (AvgIpc) is 3.24. The highest BCUT2D eigenvalue weighted by Crippen LogP contribution is 2.50. The molecule has 0 heterocycles. The largest absolute Gasteiger partial charge is 0.458 e. The van der Waals surface area contributed by atoms with E-state index in [0.717, 1.165) is 6.92 Å². The van der Waals surface area contributed by atoms with E-state index < -0.39 is 89.0 Å². The lowest BCUT2D eigenvalue weighted by atomic mass is 9.73. The minimum Gasteiger partial charge on any atom is -0.458 e. The first kappa shape index (κ1) is 37.2. The van der Waals surface area contributed by atoms with Crippen molar-refractivity contribution in [2.24, 2.45) is 17.3 Å². The Hall–Kier alpha value is -4.61. The van der Waals surface area contributed by atoms with E-state index in [4.69, 9.17) is 18.9 Å². The van der Waals surface area contributed by atoms with Gasteiger partial charge in [0.15, 0.2) is 5.78 Å². The molecule has 4 rings (SSSR count). The smallest absolute Gasteiger partial charge is 0.338 e. The summed E-state index contributed by atoms with van der Waals surface area (Å²) < 4.78 is 23.4. The van der Waals surface area contributed by atoms with Gasteiger partial charge in [0.2, 0.25) is 0 Å². The number of hydrogen-bond donors (Lipinski definition) is 2. The van der Waals surface area contributed by atoms with Gasteiger partial charge in [0.1, 0.15) is 35.6 Å². The SMILES string of the molecule is C=C1C[C@@H](OC(C)=O)[C@@H](OC(=O)c2ccccc2)C(C)(C)/C=C/[C@H](C)C(=O)[C@@]2(O)C[C@@](C)(O)[C@H](OC(=O)c3ccccc3)[C@@H]2[C@H]1OC(C)=O. The fourth-order valence-corrected chi connectivity index (χ4v) is 6.84. The molecule has 0 spiro atoms. The number of aliphatic hydroxyl groups is 2. The van der Waals surface area contributed by atoms with Gasteiger partial charge in [0, 0.05) is 38.0 Å².